The normalized spacial score (nSPS) is 16.2. The standard InChI is InChI=1S/C19H23ClN2O2S/c1-14-10-15(2)12-17(11-14)21-6-8-22(9-7-21)25(23,24)18-4-5-19(20)16(3)13-18/h4-5,10-13H,6-9H2,1-3H3. The van der Waals surface area contributed by atoms with Crippen molar-refractivity contribution in [3.63, 3.8) is 0 Å². The lowest BCUT2D eigenvalue weighted by atomic mass is 10.1. The van der Waals surface area contributed by atoms with Gasteiger partial charge in [-0.2, -0.15) is 4.31 Å². The average Bonchev–Trinajstić information content (AvgIpc) is 2.56. The molecule has 1 aliphatic heterocycles. The molecule has 0 amide bonds. The summed E-state index contributed by atoms with van der Waals surface area (Å²) in [6, 6.07) is 11.3. The molecule has 0 N–H and O–H groups in total. The Labute approximate surface area is 155 Å². The molecule has 0 radical (unpaired) electrons. The van der Waals surface area contributed by atoms with Crippen molar-refractivity contribution in [1.82, 2.24) is 4.31 Å². The third kappa shape index (κ3) is 3.84. The maximum atomic E-state index is 12.9. The number of piperazine rings is 1. The molecular formula is C19H23ClN2O2S. The van der Waals surface area contributed by atoms with E-state index >= 15 is 0 Å². The van der Waals surface area contributed by atoms with Crippen molar-refractivity contribution in [1.29, 1.82) is 0 Å². The van der Waals surface area contributed by atoms with Gasteiger partial charge < -0.3 is 4.90 Å². The van der Waals surface area contributed by atoms with Crippen molar-refractivity contribution in [3.05, 3.63) is 58.1 Å². The fourth-order valence-electron chi connectivity index (χ4n) is 3.25. The van der Waals surface area contributed by atoms with Crippen molar-refractivity contribution < 1.29 is 8.42 Å². The minimum Gasteiger partial charge on any atom is -0.369 e. The van der Waals surface area contributed by atoms with Gasteiger partial charge in [-0.1, -0.05) is 17.7 Å². The van der Waals surface area contributed by atoms with Crippen LogP contribution in [0.2, 0.25) is 5.02 Å². The van der Waals surface area contributed by atoms with E-state index in [1.165, 1.54) is 11.1 Å². The summed E-state index contributed by atoms with van der Waals surface area (Å²) in [5.74, 6) is 0. The Morgan fingerprint density at radius 3 is 2.04 bits per heavy atom. The van der Waals surface area contributed by atoms with E-state index in [0.29, 0.717) is 36.1 Å². The van der Waals surface area contributed by atoms with Gasteiger partial charge in [0.1, 0.15) is 0 Å². The minimum absolute atomic E-state index is 0.314. The molecule has 1 saturated heterocycles. The van der Waals surface area contributed by atoms with Gasteiger partial charge in [0, 0.05) is 36.9 Å². The number of nitrogens with zero attached hydrogens (tertiary/aromatic N) is 2. The molecule has 6 heteroatoms. The number of hydrogen-bond donors (Lipinski definition) is 0. The highest BCUT2D eigenvalue weighted by Gasteiger charge is 2.28. The van der Waals surface area contributed by atoms with Gasteiger partial charge in [0.2, 0.25) is 10.0 Å². The van der Waals surface area contributed by atoms with Gasteiger partial charge in [-0.05, 0) is 67.8 Å². The number of benzene rings is 2. The Hall–Kier alpha value is -1.56. The van der Waals surface area contributed by atoms with Crippen LogP contribution in [-0.4, -0.2) is 38.9 Å². The molecule has 1 heterocycles. The first-order valence-electron chi connectivity index (χ1n) is 8.37. The van der Waals surface area contributed by atoms with Gasteiger partial charge in [0.05, 0.1) is 4.90 Å². The molecule has 0 aromatic heterocycles. The number of sulfonamides is 1. The summed E-state index contributed by atoms with van der Waals surface area (Å²) in [6.45, 7) is 8.33. The van der Waals surface area contributed by atoms with Crippen LogP contribution in [0.25, 0.3) is 0 Å². The lowest BCUT2D eigenvalue weighted by Crippen LogP contribution is -2.48. The molecule has 3 rings (SSSR count). The highest BCUT2D eigenvalue weighted by atomic mass is 35.5. The van der Waals surface area contributed by atoms with Crippen LogP contribution in [0.3, 0.4) is 0 Å². The van der Waals surface area contributed by atoms with Crippen molar-refractivity contribution in [3.8, 4) is 0 Å². The maximum Gasteiger partial charge on any atom is 0.243 e. The molecule has 0 spiro atoms. The number of hydrogen-bond acceptors (Lipinski definition) is 3. The fourth-order valence-corrected chi connectivity index (χ4v) is 4.87. The van der Waals surface area contributed by atoms with E-state index < -0.39 is 10.0 Å². The molecule has 0 atom stereocenters. The molecule has 0 aliphatic carbocycles. The Kier molecular flexibility index (Phi) is 5.09. The third-order valence-corrected chi connectivity index (χ3v) is 6.90. The van der Waals surface area contributed by atoms with Gasteiger partial charge >= 0.3 is 0 Å². The Bertz CT molecular complexity index is 868. The Morgan fingerprint density at radius 1 is 0.880 bits per heavy atom. The molecule has 4 nitrogen and oxygen atoms in total. The van der Waals surface area contributed by atoms with Crippen LogP contribution in [0, 0.1) is 20.8 Å². The number of anilines is 1. The Balaban J connectivity index is 1.76. The third-order valence-electron chi connectivity index (χ3n) is 4.58. The lowest BCUT2D eigenvalue weighted by Gasteiger charge is -2.35. The smallest absolute Gasteiger partial charge is 0.243 e. The quantitative estimate of drug-likeness (QED) is 0.816. The van der Waals surface area contributed by atoms with E-state index in [4.69, 9.17) is 11.6 Å². The molecule has 0 saturated carbocycles. The second kappa shape index (κ2) is 6.98. The molecule has 25 heavy (non-hydrogen) atoms. The minimum atomic E-state index is -3.48. The van der Waals surface area contributed by atoms with E-state index in [0.717, 1.165) is 11.3 Å². The van der Waals surface area contributed by atoms with Crippen LogP contribution >= 0.6 is 11.6 Å². The highest BCUT2D eigenvalue weighted by Crippen LogP contribution is 2.25. The number of rotatable bonds is 3. The fraction of sp³-hybridized carbons (Fsp3) is 0.368. The van der Waals surface area contributed by atoms with Gasteiger partial charge in [0.25, 0.3) is 0 Å². The predicted molar refractivity (Wildman–Crippen MR) is 103 cm³/mol. The van der Waals surface area contributed by atoms with Gasteiger partial charge in [-0.25, -0.2) is 8.42 Å². The molecule has 1 fully saturated rings. The molecule has 134 valence electrons. The zero-order valence-electron chi connectivity index (χ0n) is 14.8. The summed E-state index contributed by atoms with van der Waals surface area (Å²) in [4.78, 5) is 2.56. The summed E-state index contributed by atoms with van der Waals surface area (Å²) in [5, 5.41) is 0.582. The summed E-state index contributed by atoms with van der Waals surface area (Å²) >= 11 is 6.01. The number of aryl methyl sites for hydroxylation is 3. The van der Waals surface area contributed by atoms with Gasteiger partial charge in [-0.15, -0.1) is 0 Å². The topological polar surface area (TPSA) is 40.6 Å². The highest BCUT2D eigenvalue weighted by molar-refractivity contribution is 7.89. The van der Waals surface area contributed by atoms with Crippen LogP contribution in [0.4, 0.5) is 5.69 Å². The first-order chi connectivity index (χ1) is 11.8. The van der Waals surface area contributed by atoms with Crippen LogP contribution in [-0.2, 0) is 10.0 Å². The van der Waals surface area contributed by atoms with E-state index in [9.17, 15) is 8.42 Å². The van der Waals surface area contributed by atoms with Gasteiger partial charge in [0.15, 0.2) is 0 Å². The van der Waals surface area contributed by atoms with Crippen LogP contribution in [0.1, 0.15) is 16.7 Å². The largest absolute Gasteiger partial charge is 0.369 e. The summed E-state index contributed by atoms with van der Waals surface area (Å²) in [5.41, 5.74) is 4.39. The molecule has 0 unspecified atom stereocenters. The lowest BCUT2D eigenvalue weighted by molar-refractivity contribution is 0.385. The van der Waals surface area contributed by atoms with Crippen molar-refractivity contribution in [2.24, 2.45) is 0 Å². The van der Waals surface area contributed by atoms with Crippen molar-refractivity contribution in [2.45, 2.75) is 25.7 Å². The molecule has 1 aliphatic rings. The molecular weight excluding hydrogens is 356 g/mol. The van der Waals surface area contributed by atoms with Crippen molar-refractivity contribution >= 4 is 27.3 Å². The maximum absolute atomic E-state index is 12.9. The zero-order valence-corrected chi connectivity index (χ0v) is 16.4. The average molecular weight is 379 g/mol. The SMILES string of the molecule is Cc1cc(C)cc(N2CCN(S(=O)(=O)c3ccc(Cl)c(C)c3)CC2)c1. The second-order valence-electron chi connectivity index (χ2n) is 6.65. The van der Waals surface area contributed by atoms with E-state index in [2.05, 4.69) is 36.9 Å². The number of halogens is 1. The summed E-state index contributed by atoms with van der Waals surface area (Å²) in [7, 11) is -3.48. The molecule has 2 aromatic rings. The molecule has 2 aromatic carbocycles. The summed E-state index contributed by atoms with van der Waals surface area (Å²) < 4.78 is 27.3. The zero-order chi connectivity index (χ0) is 18.2. The van der Waals surface area contributed by atoms with E-state index in [-0.39, 0.29) is 0 Å². The monoisotopic (exact) mass is 378 g/mol. The molecule has 0 bridgehead atoms. The van der Waals surface area contributed by atoms with Crippen LogP contribution in [0.5, 0.6) is 0 Å². The van der Waals surface area contributed by atoms with E-state index in [1.54, 1.807) is 22.5 Å². The predicted octanol–water partition coefficient (Wildman–Crippen LogP) is 3.78. The van der Waals surface area contributed by atoms with Crippen LogP contribution < -0.4 is 4.90 Å². The first kappa shape index (κ1) is 18.2. The first-order valence-corrected chi connectivity index (χ1v) is 10.2. The Morgan fingerprint density at radius 2 is 1.48 bits per heavy atom. The van der Waals surface area contributed by atoms with Gasteiger partial charge in [-0.3, -0.25) is 0 Å². The van der Waals surface area contributed by atoms with Crippen molar-refractivity contribution in [2.75, 3.05) is 31.1 Å². The van der Waals surface area contributed by atoms with Crippen LogP contribution in [0.15, 0.2) is 41.3 Å². The summed E-state index contributed by atoms with van der Waals surface area (Å²) in [6.07, 6.45) is 0. The van der Waals surface area contributed by atoms with E-state index in [1.807, 2.05) is 6.92 Å². The second-order valence-corrected chi connectivity index (χ2v) is 8.99.